The van der Waals surface area contributed by atoms with Crippen molar-refractivity contribution in [2.45, 2.75) is 19.5 Å². The molecule has 0 aliphatic heterocycles. The monoisotopic (exact) mass is 290 g/mol. The molecule has 1 atom stereocenters. The van der Waals surface area contributed by atoms with Gasteiger partial charge in [0.2, 0.25) is 0 Å². The van der Waals surface area contributed by atoms with Gasteiger partial charge in [-0.15, -0.1) is 0 Å². The van der Waals surface area contributed by atoms with E-state index < -0.39 is 0 Å². The summed E-state index contributed by atoms with van der Waals surface area (Å²) in [6.07, 6.45) is 3.64. The fourth-order valence-electron chi connectivity index (χ4n) is 1.71. The molecule has 2 rings (SSSR count). The van der Waals surface area contributed by atoms with Crippen molar-refractivity contribution < 1.29 is 0 Å². The minimum atomic E-state index is 0.318. The molecule has 0 saturated heterocycles. The Morgan fingerprint density at radius 1 is 1.18 bits per heavy atom. The summed E-state index contributed by atoms with van der Waals surface area (Å²) in [5.74, 6) is 0. The van der Waals surface area contributed by atoms with E-state index in [1.807, 2.05) is 30.6 Å². The minimum absolute atomic E-state index is 0.318. The molecule has 2 nitrogen and oxygen atoms in total. The van der Waals surface area contributed by atoms with Gasteiger partial charge >= 0.3 is 0 Å². The van der Waals surface area contributed by atoms with Gasteiger partial charge in [-0.1, -0.05) is 34.1 Å². The van der Waals surface area contributed by atoms with E-state index in [0.717, 1.165) is 11.0 Å². The molecule has 1 aromatic carbocycles. The van der Waals surface area contributed by atoms with Crippen LogP contribution in [0.15, 0.2) is 53.3 Å². The highest BCUT2D eigenvalue weighted by molar-refractivity contribution is 9.10. The van der Waals surface area contributed by atoms with Crippen molar-refractivity contribution in [1.82, 2.24) is 10.3 Å². The van der Waals surface area contributed by atoms with E-state index in [1.165, 1.54) is 11.1 Å². The summed E-state index contributed by atoms with van der Waals surface area (Å²) < 4.78 is 1.15. The second-order valence-electron chi connectivity index (χ2n) is 3.98. The van der Waals surface area contributed by atoms with E-state index in [1.54, 1.807) is 0 Å². The van der Waals surface area contributed by atoms with Crippen molar-refractivity contribution in [3.8, 4) is 0 Å². The maximum atomic E-state index is 4.01. The van der Waals surface area contributed by atoms with Crippen LogP contribution in [0.4, 0.5) is 0 Å². The lowest BCUT2D eigenvalue weighted by Crippen LogP contribution is -2.18. The lowest BCUT2D eigenvalue weighted by atomic mass is 10.1. The molecule has 88 valence electrons. The van der Waals surface area contributed by atoms with Gasteiger partial charge in [0.25, 0.3) is 0 Å². The summed E-state index contributed by atoms with van der Waals surface area (Å²) in [6.45, 7) is 3.02. The minimum Gasteiger partial charge on any atom is -0.306 e. The number of hydrogen-bond acceptors (Lipinski definition) is 2. The number of rotatable bonds is 4. The van der Waals surface area contributed by atoms with E-state index in [-0.39, 0.29) is 0 Å². The molecule has 0 amide bonds. The molecule has 0 saturated carbocycles. The fraction of sp³-hybridized carbons (Fsp3) is 0.214. The van der Waals surface area contributed by atoms with Crippen LogP contribution in [-0.2, 0) is 6.54 Å². The second-order valence-corrected chi connectivity index (χ2v) is 4.83. The molecular weight excluding hydrogens is 276 g/mol. The van der Waals surface area contributed by atoms with Crippen LogP contribution in [0, 0.1) is 0 Å². The van der Waals surface area contributed by atoms with Crippen molar-refractivity contribution in [3.05, 3.63) is 64.4 Å². The number of benzene rings is 1. The molecule has 0 bridgehead atoms. The first-order valence-electron chi connectivity index (χ1n) is 5.64. The quantitative estimate of drug-likeness (QED) is 0.929. The molecule has 17 heavy (non-hydrogen) atoms. The zero-order valence-corrected chi connectivity index (χ0v) is 11.3. The average Bonchev–Trinajstić information content (AvgIpc) is 2.38. The van der Waals surface area contributed by atoms with Crippen LogP contribution in [0.25, 0.3) is 0 Å². The van der Waals surface area contributed by atoms with Crippen molar-refractivity contribution in [2.24, 2.45) is 0 Å². The lowest BCUT2D eigenvalue weighted by molar-refractivity contribution is 0.572. The Bertz CT molecular complexity index is 471. The van der Waals surface area contributed by atoms with Crippen LogP contribution in [-0.4, -0.2) is 4.98 Å². The predicted molar refractivity (Wildman–Crippen MR) is 73.6 cm³/mol. The number of hydrogen-bond donors (Lipinski definition) is 1. The first-order chi connectivity index (χ1) is 8.27. The fourth-order valence-corrected chi connectivity index (χ4v) is 2.34. The zero-order chi connectivity index (χ0) is 12.1. The summed E-state index contributed by atoms with van der Waals surface area (Å²) >= 11 is 3.57. The molecule has 1 aromatic heterocycles. The molecule has 0 aliphatic carbocycles. The SMILES string of the molecule is C[C@@H](NCc1ccncc1)c1ccccc1Br. The third-order valence-corrected chi connectivity index (χ3v) is 3.46. The molecule has 1 heterocycles. The van der Waals surface area contributed by atoms with Gasteiger partial charge < -0.3 is 5.32 Å². The van der Waals surface area contributed by atoms with Gasteiger partial charge in [0.05, 0.1) is 0 Å². The van der Waals surface area contributed by atoms with E-state index in [9.17, 15) is 0 Å². The standard InChI is InChI=1S/C14H15BrN2/c1-11(13-4-2-3-5-14(13)15)17-10-12-6-8-16-9-7-12/h2-9,11,17H,10H2,1H3/t11-/m1/s1. The highest BCUT2D eigenvalue weighted by Crippen LogP contribution is 2.22. The number of halogens is 1. The highest BCUT2D eigenvalue weighted by Gasteiger charge is 2.07. The topological polar surface area (TPSA) is 24.9 Å². The van der Waals surface area contributed by atoms with Crippen LogP contribution < -0.4 is 5.32 Å². The van der Waals surface area contributed by atoms with Crippen molar-refractivity contribution in [1.29, 1.82) is 0 Å². The molecule has 2 aromatic rings. The maximum absolute atomic E-state index is 4.01. The highest BCUT2D eigenvalue weighted by atomic mass is 79.9. The Kier molecular flexibility index (Phi) is 4.29. The van der Waals surface area contributed by atoms with E-state index in [0.29, 0.717) is 6.04 Å². The Labute approximate surface area is 110 Å². The van der Waals surface area contributed by atoms with Gasteiger partial charge in [-0.2, -0.15) is 0 Å². The first kappa shape index (κ1) is 12.3. The Hall–Kier alpha value is -1.19. The van der Waals surface area contributed by atoms with Crippen LogP contribution in [0.5, 0.6) is 0 Å². The van der Waals surface area contributed by atoms with E-state index in [2.05, 4.69) is 51.4 Å². The average molecular weight is 291 g/mol. The third-order valence-electron chi connectivity index (χ3n) is 2.73. The summed E-state index contributed by atoms with van der Waals surface area (Å²) in [5, 5.41) is 3.50. The van der Waals surface area contributed by atoms with Crippen LogP contribution in [0.2, 0.25) is 0 Å². The third kappa shape index (κ3) is 3.38. The summed E-state index contributed by atoms with van der Waals surface area (Å²) in [5.41, 5.74) is 2.53. The number of aromatic nitrogens is 1. The Morgan fingerprint density at radius 2 is 1.88 bits per heavy atom. The smallest absolute Gasteiger partial charge is 0.0306 e. The van der Waals surface area contributed by atoms with Gasteiger partial charge in [-0.05, 0) is 36.2 Å². The number of nitrogens with zero attached hydrogens (tertiary/aromatic N) is 1. The molecule has 0 spiro atoms. The Morgan fingerprint density at radius 3 is 2.59 bits per heavy atom. The molecule has 3 heteroatoms. The maximum Gasteiger partial charge on any atom is 0.0306 e. The van der Waals surface area contributed by atoms with E-state index >= 15 is 0 Å². The van der Waals surface area contributed by atoms with Crippen LogP contribution in [0.1, 0.15) is 24.1 Å². The predicted octanol–water partition coefficient (Wildman–Crippen LogP) is 3.69. The summed E-state index contributed by atoms with van der Waals surface area (Å²) in [6, 6.07) is 12.7. The van der Waals surface area contributed by atoms with Crippen molar-refractivity contribution in [3.63, 3.8) is 0 Å². The second kappa shape index (κ2) is 5.94. The number of pyridine rings is 1. The summed E-state index contributed by atoms with van der Waals surface area (Å²) in [7, 11) is 0. The van der Waals surface area contributed by atoms with Gasteiger partial charge in [0, 0.05) is 29.5 Å². The molecule has 0 fully saturated rings. The zero-order valence-electron chi connectivity index (χ0n) is 9.73. The van der Waals surface area contributed by atoms with Crippen molar-refractivity contribution >= 4 is 15.9 Å². The van der Waals surface area contributed by atoms with Gasteiger partial charge in [0.1, 0.15) is 0 Å². The molecule has 1 N–H and O–H groups in total. The Balaban J connectivity index is 1.99. The van der Waals surface area contributed by atoms with Crippen LogP contribution >= 0.6 is 15.9 Å². The molecule has 0 unspecified atom stereocenters. The van der Waals surface area contributed by atoms with Gasteiger partial charge in [0.15, 0.2) is 0 Å². The molecular formula is C14H15BrN2. The van der Waals surface area contributed by atoms with E-state index in [4.69, 9.17) is 0 Å². The molecule has 0 radical (unpaired) electrons. The summed E-state index contributed by atoms with van der Waals surface area (Å²) in [4.78, 5) is 4.01. The molecule has 0 aliphatic rings. The normalized spacial score (nSPS) is 12.4. The number of nitrogens with one attached hydrogen (secondary N) is 1. The van der Waals surface area contributed by atoms with Gasteiger partial charge in [-0.25, -0.2) is 0 Å². The largest absolute Gasteiger partial charge is 0.306 e. The van der Waals surface area contributed by atoms with Crippen molar-refractivity contribution in [2.75, 3.05) is 0 Å². The lowest BCUT2D eigenvalue weighted by Gasteiger charge is -2.15. The first-order valence-corrected chi connectivity index (χ1v) is 6.43. The van der Waals surface area contributed by atoms with Gasteiger partial charge in [-0.3, -0.25) is 4.98 Å². The van der Waals surface area contributed by atoms with Crippen LogP contribution in [0.3, 0.4) is 0 Å².